The molecule has 0 atom stereocenters. The number of rotatable bonds is 7. The minimum Gasteiger partial charge on any atom is -0.272 e. The van der Waals surface area contributed by atoms with Crippen LogP contribution in [0.25, 0.3) is 0 Å². The van der Waals surface area contributed by atoms with E-state index in [2.05, 4.69) is 42.6 Å². The van der Waals surface area contributed by atoms with Crippen LogP contribution in [0.3, 0.4) is 0 Å². The van der Waals surface area contributed by atoms with Crippen molar-refractivity contribution in [2.24, 2.45) is 5.10 Å². The number of carbonyl (C=O) groups excluding carboxylic acids is 1. The van der Waals surface area contributed by atoms with E-state index in [9.17, 15) is 14.9 Å². The molecule has 130 valence electrons. The van der Waals surface area contributed by atoms with Gasteiger partial charge in [0.1, 0.15) is 0 Å². The number of carbonyl (C=O) groups is 1. The van der Waals surface area contributed by atoms with E-state index in [1.807, 2.05) is 0 Å². The average molecular weight is 357 g/mol. The van der Waals surface area contributed by atoms with Crippen molar-refractivity contribution in [1.82, 2.24) is 5.43 Å². The zero-order valence-electron chi connectivity index (χ0n) is 14.1. The van der Waals surface area contributed by atoms with Gasteiger partial charge in [-0.05, 0) is 37.1 Å². The molecule has 0 saturated heterocycles. The predicted octanol–water partition coefficient (Wildman–Crippen LogP) is 3.60. The van der Waals surface area contributed by atoms with Gasteiger partial charge < -0.3 is 0 Å². The van der Waals surface area contributed by atoms with E-state index in [4.69, 9.17) is 0 Å². The zero-order valence-corrected chi connectivity index (χ0v) is 14.9. The van der Waals surface area contributed by atoms with Crippen molar-refractivity contribution in [1.29, 1.82) is 0 Å². The van der Waals surface area contributed by atoms with Crippen molar-refractivity contribution in [3.05, 3.63) is 74.8 Å². The Hall–Kier alpha value is -2.67. The van der Waals surface area contributed by atoms with Gasteiger partial charge in [0.25, 0.3) is 5.69 Å². The lowest BCUT2D eigenvalue weighted by atomic mass is 10.1. The third-order valence-electron chi connectivity index (χ3n) is 3.29. The second kappa shape index (κ2) is 8.98. The highest BCUT2D eigenvalue weighted by Gasteiger charge is 2.04. The Bertz CT molecular complexity index is 768. The molecule has 6 nitrogen and oxygen atoms in total. The molecule has 0 heterocycles. The number of benzene rings is 2. The summed E-state index contributed by atoms with van der Waals surface area (Å²) in [6, 6.07) is 12.3. The summed E-state index contributed by atoms with van der Waals surface area (Å²) in [5, 5.41) is 14.4. The van der Waals surface area contributed by atoms with Crippen molar-refractivity contribution < 1.29 is 9.72 Å². The van der Waals surface area contributed by atoms with E-state index in [0.717, 1.165) is 5.75 Å². The molecule has 7 heteroatoms. The van der Waals surface area contributed by atoms with Crippen LogP contribution in [0.15, 0.2) is 47.6 Å². The van der Waals surface area contributed by atoms with E-state index in [0.29, 0.717) is 11.3 Å². The van der Waals surface area contributed by atoms with Gasteiger partial charge >= 0.3 is 0 Å². The molecular weight excluding hydrogens is 338 g/mol. The monoisotopic (exact) mass is 357 g/mol. The molecule has 0 aliphatic rings. The Kier molecular flexibility index (Phi) is 6.71. The second-order valence-electron chi connectivity index (χ2n) is 5.63. The van der Waals surface area contributed by atoms with E-state index in [-0.39, 0.29) is 11.6 Å². The Labute approximate surface area is 150 Å². The molecule has 0 saturated carbocycles. The maximum Gasteiger partial charge on any atom is 0.269 e. The topological polar surface area (TPSA) is 84.6 Å². The van der Waals surface area contributed by atoms with Gasteiger partial charge in [-0.2, -0.15) is 5.10 Å². The molecule has 25 heavy (non-hydrogen) atoms. The zero-order chi connectivity index (χ0) is 18.2. The summed E-state index contributed by atoms with van der Waals surface area (Å²) in [5.74, 6) is 0.889. The van der Waals surface area contributed by atoms with Crippen LogP contribution in [0, 0.1) is 24.0 Å². The maximum atomic E-state index is 11.8. The van der Waals surface area contributed by atoms with Gasteiger partial charge in [0.2, 0.25) is 5.91 Å². The standard InChI is InChI=1S/C18H19N3O3S/c1-13-7-14(2)9-16(8-13)11-25-12-18(22)20-19-10-15-3-5-17(6-4-15)21(23)24/h3-10H,11-12H2,1-2H3,(H,20,22)/b19-10-. The fourth-order valence-corrected chi connectivity index (χ4v) is 3.06. The molecule has 0 radical (unpaired) electrons. The van der Waals surface area contributed by atoms with E-state index in [1.54, 1.807) is 12.1 Å². The van der Waals surface area contributed by atoms with E-state index >= 15 is 0 Å². The first-order chi connectivity index (χ1) is 11.9. The molecule has 0 unspecified atom stereocenters. The highest BCUT2D eigenvalue weighted by atomic mass is 32.2. The second-order valence-corrected chi connectivity index (χ2v) is 6.62. The van der Waals surface area contributed by atoms with Gasteiger partial charge in [0, 0.05) is 17.9 Å². The molecule has 2 aromatic carbocycles. The van der Waals surface area contributed by atoms with Gasteiger partial charge in [-0.1, -0.05) is 29.3 Å². The fraction of sp³-hybridized carbons (Fsp3) is 0.222. The predicted molar refractivity (Wildman–Crippen MR) is 101 cm³/mol. The normalized spacial score (nSPS) is 10.8. The first-order valence-electron chi connectivity index (χ1n) is 7.65. The summed E-state index contributed by atoms with van der Waals surface area (Å²) >= 11 is 1.52. The summed E-state index contributed by atoms with van der Waals surface area (Å²) in [4.78, 5) is 21.9. The van der Waals surface area contributed by atoms with E-state index in [1.165, 1.54) is 46.8 Å². The number of hydrogen-bond acceptors (Lipinski definition) is 5. The van der Waals surface area contributed by atoms with Gasteiger partial charge in [0.05, 0.1) is 16.9 Å². The maximum absolute atomic E-state index is 11.8. The number of hydrazone groups is 1. The largest absolute Gasteiger partial charge is 0.272 e. The number of hydrogen-bond donors (Lipinski definition) is 1. The quantitative estimate of drug-likeness (QED) is 0.466. The number of amides is 1. The number of nitro groups is 1. The summed E-state index contributed by atoms with van der Waals surface area (Å²) in [6.45, 7) is 4.11. The molecule has 0 aromatic heterocycles. The van der Waals surface area contributed by atoms with Gasteiger partial charge in [-0.3, -0.25) is 14.9 Å². The first-order valence-corrected chi connectivity index (χ1v) is 8.81. The molecule has 0 spiro atoms. The minimum atomic E-state index is -0.463. The van der Waals surface area contributed by atoms with Crippen LogP contribution < -0.4 is 5.43 Å². The van der Waals surface area contributed by atoms with Crippen molar-refractivity contribution in [3.63, 3.8) is 0 Å². The molecule has 0 aliphatic carbocycles. The highest BCUT2D eigenvalue weighted by molar-refractivity contribution is 7.99. The fourth-order valence-electron chi connectivity index (χ4n) is 2.31. The van der Waals surface area contributed by atoms with Crippen LogP contribution in [0.1, 0.15) is 22.3 Å². The molecule has 0 fully saturated rings. The Morgan fingerprint density at radius 3 is 2.44 bits per heavy atom. The minimum absolute atomic E-state index is 0.0176. The molecule has 2 rings (SSSR count). The Morgan fingerprint density at radius 1 is 1.20 bits per heavy atom. The molecular formula is C18H19N3O3S. The highest BCUT2D eigenvalue weighted by Crippen LogP contribution is 2.15. The van der Waals surface area contributed by atoms with Crippen LogP contribution in [-0.4, -0.2) is 22.8 Å². The number of nitro benzene ring substituents is 1. The van der Waals surface area contributed by atoms with Gasteiger partial charge in [0.15, 0.2) is 0 Å². The van der Waals surface area contributed by atoms with Crippen LogP contribution in [0.5, 0.6) is 0 Å². The third-order valence-corrected chi connectivity index (χ3v) is 4.29. The Balaban J connectivity index is 1.75. The molecule has 1 amide bonds. The summed E-state index contributed by atoms with van der Waals surface area (Å²) < 4.78 is 0. The number of thioether (sulfide) groups is 1. The Morgan fingerprint density at radius 2 is 1.84 bits per heavy atom. The lowest BCUT2D eigenvalue weighted by Gasteiger charge is -2.04. The lowest BCUT2D eigenvalue weighted by molar-refractivity contribution is -0.384. The number of non-ortho nitro benzene ring substituents is 1. The van der Waals surface area contributed by atoms with Crippen molar-refractivity contribution >= 4 is 29.6 Å². The first kappa shape index (κ1) is 18.7. The van der Waals surface area contributed by atoms with Crippen LogP contribution in [-0.2, 0) is 10.5 Å². The lowest BCUT2D eigenvalue weighted by Crippen LogP contribution is -2.19. The molecule has 1 N–H and O–H groups in total. The van der Waals surface area contributed by atoms with Crippen molar-refractivity contribution in [2.75, 3.05) is 5.75 Å². The van der Waals surface area contributed by atoms with Gasteiger partial charge in [-0.25, -0.2) is 5.43 Å². The summed E-state index contributed by atoms with van der Waals surface area (Å²) in [7, 11) is 0. The number of aryl methyl sites for hydroxylation is 2. The SMILES string of the molecule is Cc1cc(C)cc(CSCC(=O)N/N=C\c2ccc([N+](=O)[O-])cc2)c1. The van der Waals surface area contributed by atoms with Crippen LogP contribution in [0.4, 0.5) is 5.69 Å². The van der Waals surface area contributed by atoms with Crippen LogP contribution >= 0.6 is 11.8 Å². The average Bonchev–Trinajstić information content (AvgIpc) is 2.54. The van der Waals surface area contributed by atoms with Crippen molar-refractivity contribution in [2.45, 2.75) is 19.6 Å². The van der Waals surface area contributed by atoms with Crippen LogP contribution in [0.2, 0.25) is 0 Å². The van der Waals surface area contributed by atoms with E-state index < -0.39 is 4.92 Å². The molecule has 0 bridgehead atoms. The molecule has 2 aromatic rings. The third kappa shape index (κ3) is 6.39. The number of nitrogens with zero attached hydrogens (tertiary/aromatic N) is 2. The molecule has 0 aliphatic heterocycles. The van der Waals surface area contributed by atoms with Crippen molar-refractivity contribution in [3.8, 4) is 0 Å². The summed E-state index contributed by atoms with van der Waals surface area (Å²) in [6.07, 6.45) is 1.45. The summed E-state index contributed by atoms with van der Waals surface area (Å²) in [5.41, 5.74) is 6.78. The smallest absolute Gasteiger partial charge is 0.269 e. The number of nitrogens with one attached hydrogen (secondary N) is 1. The van der Waals surface area contributed by atoms with Gasteiger partial charge in [-0.15, -0.1) is 11.8 Å².